The Hall–Kier alpha value is -1.85. The van der Waals surface area contributed by atoms with E-state index in [0.717, 1.165) is 37.3 Å². The van der Waals surface area contributed by atoms with E-state index in [4.69, 9.17) is 23.2 Å². The van der Waals surface area contributed by atoms with E-state index in [1.165, 1.54) is 12.7 Å². The third kappa shape index (κ3) is 4.16. The number of carbonyl (C=O) groups is 1. The molecule has 7 heteroatoms. The third-order valence-electron chi connectivity index (χ3n) is 4.02. The SMILES string of the molecule is O=C(NCc1ccc(Cl)cc1Cl)c1cc(N2CCCCC2)ncn1. The van der Waals surface area contributed by atoms with Gasteiger partial charge in [-0.15, -0.1) is 0 Å². The zero-order chi connectivity index (χ0) is 16.9. The minimum absolute atomic E-state index is 0.248. The van der Waals surface area contributed by atoms with E-state index in [-0.39, 0.29) is 5.91 Å². The van der Waals surface area contributed by atoms with Gasteiger partial charge in [0.15, 0.2) is 0 Å². The summed E-state index contributed by atoms with van der Waals surface area (Å²) in [4.78, 5) is 22.9. The Morgan fingerprint density at radius 2 is 1.92 bits per heavy atom. The molecule has 2 aromatic rings. The van der Waals surface area contributed by atoms with Crippen LogP contribution in [0.5, 0.6) is 0 Å². The molecule has 1 aromatic carbocycles. The van der Waals surface area contributed by atoms with E-state index in [9.17, 15) is 4.79 Å². The maximum absolute atomic E-state index is 12.3. The topological polar surface area (TPSA) is 58.1 Å². The van der Waals surface area contributed by atoms with Crippen molar-refractivity contribution in [3.63, 3.8) is 0 Å². The molecule has 1 aliphatic heterocycles. The van der Waals surface area contributed by atoms with Crippen molar-refractivity contribution in [3.05, 3.63) is 51.9 Å². The highest BCUT2D eigenvalue weighted by molar-refractivity contribution is 6.35. The predicted octanol–water partition coefficient (Wildman–Crippen LogP) is 3.70. The smallest absolute Gasteiger partial charge is 0.270 e. The van der Waals surface area contributed by atoms with Gasteiger partial charge in [-0.2, -0.15) is 0 Å². The summed E-state index contributed by atoms with van der Waals surface area (Å²) in [5.74, 6) is 0.557. The molecule has 0 bridgehead atoms. The zero-order valence-corrected chi connectivity index (χ0v) is 14.6. The van der Waals surface area contributed by atoms with Crippen LogP contribution < -0.4 is 10.2 Å². The van der Waals surface area contributed by atoms with Crippen molar-refractivity contribution in [2.45, 2.75) is 25.8 Å². The van der Waals surface area contributed by atoms with E-state index in [0.29, 0.717) is 22.3 Å². The second-order valence-corrected chi connectivity index (χ2v) is 6.57. The maximum Gasteiger partial charge on any atom is 0.270 e. The summed E-state index contributed by atoms with van der Waals surface area (Å²) in [6.45, 7) is 2.26. The molecule has 0 spiro atoms. The highest BCUT2D eigenvalue weighted by atomic mass is 35.5. The van der Waals surface area contributed by atoms with Gasteiger partial charge in [0, 0.05) is 35.7 Å². The first kappa shape index (κ1) is 17.0. The average Bonchev–Trinajstić information content (AvgIpc) is 2.61. The number of nitrogens with zero attached hydrogens (tertiary/aromatic N) is 3. The van der Waals surface area contributed by atoms with E-state index in [1.54, 1.807) is 24.3 Å². The maximum atomic E-state index is 12.3. The molecule has 1 fully saturated rings. The fraction of sp³-hybridized carbons (Fsp3) is 0.353. The Labute approximate surface area is 151 Å². The van der Waals surface area contributed by atoms with E-state index < -0.39 is 0 Å². The van der Waals surface area contributed by atoms with Crippen LogP contribution in [-0.4, -0.2) is 29.0 Å². The second-order valence-electron chi connectivity index (χ2n) is 5.73. The van der Waals surface area contributed by atoms with Gasteiger partial charge in [-0.1, -0.05) is 29.3 Å². The van der Waals surface area contributed by atoms with Crippen LogP contribution in [0.25, 0.3) is 0 Å². The number of nitrogens with one attached hydrogen (secondary N) is 1. The molecule has 0 atom stereocenters. The van der Waals surface area contributed by atoms with Crippen LogP contribution in [0.15, 0.2) is 30.6 Å². The molecule has 1 saturated heterocycles. The van der Waals surface area contributed by atoms with Crippen LogP contribution in [0.3, 0.4) is 0 Å². The molecule has 0 radical (unpaired) electrons. The van der Waals surface area contributed by atoms with Gasteiger partial charge in [-0.3, -0.25) is 4.79 Å². The van der Waals surface area contributed by atoms with Crippen LogP contribution in [0.4, 0.5) is 5.82 Å². The summed E-state index contributed by atoms with van der Waals surface area (Å²) in [5.41, 5.74) is 1.16. The molecule has 0 aliphatic carbocycles. The lowest BCUT2D eigenvalue weighted by atomic mass is 10.1. The number of benzene rings is 1. The van der Waals surface area contributed by atoms with Crippen molar-refractivity contribution in [1.82, 2.24) is 15.3 Å². The van der Waals surface area contributed by atoms with E-state index in [2.05, 4.69) is 20.2 Å². The number of halogens is 2. The second kappa shape index (κ2) is 7.81. The molecule has 5 nitrogen and oxygen atoms in total. The van der Waals surface area contributed by atoms with Gasteiger partial charge in [0.25, 0.3) is 5.91 Å². The molecule has 1 amide bonds. The zero-order valence-electron chi connectivity index (χ0n) is 13.1. The summed E-state index contributed by atoms with van der Waals surface area (Å²) in [6.07, 6.45) is 4.99. The number of carbonyl (C=O) groups excluding carboxylic acids is 1. The van der Waals surface area contributed by atoms with Crippen LogP contribution in [-0.2, 0) is 6.54 Å². The van der Waals surface area contributed by atoms with E-state index >= 15 is 0 Å². The molecule has 1 N–H and O–H groups in total. The van der Waals surface area contributed by atoms with Gasteiger partial charge in [0.2, 0.25) is 0 Å². The molecule has 0 unspecified atom stereocenters. The largest absolute Gasteiger partial charge is 0.357 e. The minimum Gasteiger partial charge on any atom is -0.357 e. The number of anilines is 1. The van der Waals surface area contributed by atoms with E-state index in [1.807, 2.05) is 0 Å². The molecule has 0 saturated carbocycles. The van der Waals surface area contributed by atoms with Gasteiger partial charge in [0.1, 0.15) is 17.8 Å². The average molecular weight is 365 g/mol. The summed E-state index contributed by atoms with van der Waals surface area (Å²) in [5, 5.41) is 3.92. The van der Waals surface area contributed by atoms with Crippen LogP contribution in [0.1, 0.15) is 35.3 Å². The van der Waals surface area contributed by atoms with Gasteiger partial charge < -0.3 is 10.2 Å². The van der Waals surface area contributed by atoms with Crippen molar-refractivity contribution in [2.24, 2.45) is 0 Å². The molecule has 24 heavy (non-hydrogen) atoms. The lowest BCUT2D eigenvalue weighted by Crippen LogP contribution is -2.31. The Kier molecular flexibility index (Phi) is 5.53. The number of aromatic nitrogens is 2. The van der Waals surface area contributed by atoms with Crippen molar-refractivity contribution in [2.75, 3.05) is 18.0 Å². The van der Waals surface area contributed by atoms with Crippen molar-refractivity contribution in [3.8, 4) is 0 Å². The Morgan fingerprint density at radius 3 is 2.67 bits per heavy atom. The van der Waals surface area contributed by atoms with Crippen molar-refractivity contribution >= 4 is 34.9 Å². The number of piperidine rings is 1. The number of hydrogen-bond donors (Lipinski definition) is 1. The van der Waals surface area contributed by atoms with Crippen molar-refractivity contribution < 1.29 is 4.79 Å². The molecule has 126 valence electrons. The summed E-state index contributed by atoms with van der Waals surface area (Å²) in [7, 11) is 0. The molecular weight excluding hydrogens is 347 g/mol. The molecule has 3 rings (SSSR count). The highest BCUT2D eigenvalue weighted by Gasteiger charge is 2.15. The Balaban J connectivity index is 1.66. The number of hydrogen-bond acceptors (Lipinski definition) is 4. The first-order valence-electron chi connectivity index (χ1n) is 7.92. The van der Waals surface area contributed by atoms with Crippen LogP contribution in [0, 0.1) is 0 Å². The molecule has 1 aliphatic rings. The van der Waals surface area contributed by atoms with Crippen LogP contribution >= 0.6 is 23.2 Å². The highest BCUT2D eigenvalue weighted by Crippen LogP contribution is 2.21. The Morgan fingerprint density at radius 1 is 1.12 bits per heavy atom. The molecule has 1 aromatic heterocycles. The standard InChI is InChI=1S/C17H18Cl2N4O/c18-13-5-4-12(14(19)8-13)10-20-17(24)15-9-16(22-11-21-15)23-6-2-1-3-7-23/h4-5,8-9,11H,1-3,6-7,10H2,(H,20,24). The lowest BCUT2D eigenvalue weighted by molar-refractivity contribution is 0.0946. The van der Waals surface area contributed by atoms with Crippen LogP contribution in [0.2, 0.25) is 10.0 Å². The summed E-state index contributed by atoms with van der Waals surface area (Å²) < 4.78 is 0. The minimum atomic E-state index is -0.248. The summed E-state index contributed by atoms with van der Waals surface area (Å²) >= 11 is 12.0. The quantitative estimate of drug-likeness (QED) is 0.898. The fourth-order valence-corrected chi connectivity index (χ4v) is 3.17. The first-order chi connectivity index (χ1) is 11.6. The first-order valence-corrected chi connectivity index (χ1v) is 8.68. The Bertz CT molecular complexity index is 732. The lowest BCUT2D eigenvalue weighted by Gasteiger charge is -2.27. The van der Waals surface area contributed by atoms with Crippen molar-refractivity contribution in [1.29, 1.82) is 0 Å². The van der Waals surface area contributed by atoms with Gasteiger partial charge in [0.05, 0.1) is 0 Å². The van der Waals surface area contributed by atoms with Gasteiger partial charge in [-0.25, -0.2) is 9.97 Å². The van der Waals surface area contributed by atoms with Gasteiger partial charge >= 0.3 is 0 Å². The van der Waals surface area contributed by atoms with Gasteiger partial charge in [-0.05, 0) is 37.0 Å². The third-order valence-corrected chi connectivity index (χ3v) is 4.61. The normalized spacial score (nSPS) is 14.5. The summed E-state index contributed by atoms with van der Waals surface area (Å²) in [6, 6.07) is 6.94. The number of amides is 1. The monoisotopic (exact) mass is 364 g/mol. The predicted molar refractivity (Wildman–Crippen MR) is 95.7 cm³/mol. The number of rotatable bonds is 4. The molecular formula is C17H18Cl2N4O. The fourth-order valence-electron chi connectivity index (χ4n) is 2.70. The molecule has 2 heterocycles.